The van der Waals surface area contributed by atoms with Gasteiger partial charge in [0.2, 0.25) is 0 Å². The van der Waals surface area contributed by atoms with Crippen LogP contribution in [0.25, 0.3) is 0 Å². The number of ketones is 1. The first kappa shape index (κ1) is 11.4. The lowest BCUT2D eigenvalue weighted by atomic mass is 9.82. The third-order valence-electron chi connectivity index (χ3n) is 2.59. The first-order chi connectivity index (χ1) is 6.47. The third kappa shape index (κ3) is 2.44. The molecule has 2 heteroatoms. The van der Waals surface area contributed by atoms with Crippen molar-refractivity contribution in [3.05, 3.63) is 34.3 Å². The molecule has 0 radical (unpaired) electrons. The zero-order valence-corrected chi connectivity index (χ0v) is 10.4. The minimum absolute atomic E-state index is 0.210. The molecule has 1 rings (SSSR count). The second-order valence-corrected chi connectivity index (χ2v) is 4.99. The van der Waals surface area contributed by atoms with Gasteiger partial charge in [0.15, 0.2) is 5.78 Å². The van der Waals surface area contributed by atoms with E-state index in [2.05, 4.69) is 15.9 Å². The molecule has 1 nitrogen and oxygen atoms in total. The molecular weight excluding hydrogens is 240 g/mol. The van der Waals surface area contributed by atoms with Gasteiger partial charge >= 0.3 is 0 Å². The molecule has 0 aliphatic rings. The molecule has 0 atom stereocenters. The number of carbonyl (C=O) groups is 1. The van der Waals surface area contributed by atoms with Gasteiger partial charge in [0.1, 0.15) is 0 Å². The second kappa shape index (κ2) is 4.26. The van der Waals surface area contributed by atoms with Crippen LogP contribution in [-0.2, 0) is 0 Å². The zero-order chi connectivity index (χ0) is 10.8. The molecule has 0 fully saturated rings. The summed E-state index contributed by atoms with van der Waals surface area (Å²) in [5.74, 6) is 0.210. The number of hydrogen-bond donors (Lipinski definition) is 0. The van der Waals surface area contributed by atoms with Gasteiger partial charge in [0.05, 0.1) is 0 Å². The SMILES string of the molecule is CCC(C)(C)C(=O)c1cccc(Br)c1. The van der Waals surface area contributed by atoms with Crippen molar-refractivity contribution in [1.82, 2.24) is 0 Å². The lowest BCUT2D eigenvalue weighted by molar-refractivity contribution is 0.0833. The number of benzene rings is 1. The average molecular weight is 255 g/mol. The molecule has 0 saturated heterocycles. The van der Waals surface area contributed by atoms with Crippen LogP contribution in [-0.4, -0.2) is 5.78 Å². The Kier molecular flexibility index (Phi) is 3.48. The van der Waals surface area contributed by atoms with E-state index in [1.165, 1.54) is 0 Å². The van der Waals surface area contributed by atoms with Crippen LogP contribution in [0, 0.1) is 5.41 Å². The van der Waals surface area contributed by atoms with E-state index < -0.39 is 0 Å². The van der Waals surface area contributed by atoms with Gasteiger partial charge in [-0.1, -0.05) is 48.8 Å². The maximum atomic E-state index is 12.0. The number of halogens is 1. The van der Waals surface area contributed by atoms with Crippen molar-refractivity contribution >= 4 is 21.7 Å². The fraction of sp³-hybridized carbons (Fsp3) is 0.417. The van der Waals surface area contributed by atoms with Gasteiger partial charge in [-0.3, -0.25) is 4.79 Å². The minimum Gasteiger partial charge on any atom is -0.294 e. The van der Waals surface area contributed by atoms with Gasteiger partial charge in [0, 0.05) is 15.5 Å². The van der Waals surface area contributed by atoms with Gasteiger partial charge in [-0.2, -0.15) is 0 Å². The minimum atomic E-state index is -0.263. The summed E-state index contributed by atoms with van der Waals surface area (Å²) in [6.45, 7) is 6.00. The number of rotatable bonds is 3. The highest BCUT2D eigenvalue weighted by Gasteiger charge is 2.26. The maximum absolute atomic E-state index is 12.0. The standard InChI is InChI=1S/C12H15BrO/c1-4-12(2,3)11(14)9-6-5-7-10(13)8-9/h5-8H,4H2,1-3H3. The topological polar surface area (TPSA) is 17.1 Å². The van der Waals surface area contributed by atoms with E-state index in [0.29, 0.717) is 0 Å². The molecule has 76 valence electrons. The van der Waals surface area contributed by atoms with Crippen molar-refractivity contribution in [2.75, 3.05) is 0 Å². The van der Waals surface area contributed by atoms with E-state index in [4.69, 9.17) is 0 Å². The smallest absolute Gasteiger partial charge is 0.168 e. The first-order valence-electron chi connectivity index (χ1n) is 4.78. The summed E-state index contributed by atoms with van der Waals surface area (Å²) in [5, 5.41) is 0. The van der Waals surface area contributed by atoms with Crippen molar-refractivity contribution in [2.24, 2.45) is 5.41 Å². The van der Waals surface area contributed by atoms with Crippen molar-refractivity contribution in [3.63, 3.8) is 0 Å². The van der Waals surface area contributed by atoms with Crippen LogP contribution in [0.3, 0.4) is 0 Å². The van der Waals surface area contributed by atoms with Crippen molar-refractivity contribution < 1.29 is 4.79 Å². The summed E-state index contributed by atoms with van der Waals surface area (Å²) in [4.78, 5) is 12.0. The van der Waals surface area contributed by atoms with E-state index >= 15 is 0 Å². The number of Topliss-reactive ketones (excluding diaryl/α,β-unsaturated/α-hetero) is 1. The molecule has 1 aromatic rings. The van der Waals surface area contributed by atoms with E-state index in [0.717, 1.165) is 16.5 Å². The quantitative estimate of drug-likeness (QED) is 0.744. The Labute approximate surface area is 93.7 Å². The molecule has 0 aliphatic heterocycles. The Bertz CT molecular complexity index is 342. The summed E-state index contributed by atoms with van der Waals surface area (Å²) < 4.78 is 0.954. The van der Waals surface area contributed by atoms with Crippen LogP contribution >= 0.6 is 15.9 Å². The highest BCUT2D eigenvalue weighted by molar-refractivity contribution is 9.10. The molecule has 0 unspecified atom stereocenters. The predicted molar refractivity (Wildman–Crippen MR) is 62.5 cm³/mol. The molecule has 0 aromatic heterocycles. The third-order valence-corrected chi connectivity index (χ3v) is 3.08. The largest absolute Gasteiger partial charge is 0.294 e. The van der Waals surface area contributed by atoms with Gasteiger partial charge in [0.25, 0.3) is 0 Å². The summed E-state index contributed by atoms with van der Waals surface area (Å²) in [6, 6.07) is 7.56. The summed E-state index contributed by atoms with van der Waals surface area (Å²) >= 11 is 3.37. The highest BCUT2D eigenvalue weighted by atomic mass is 79.9. The second-order valence-electron chi connectivity index (χ2n) is 4.08. The van der Waals surface area contributed by atoms with Gasteiger partial charge in [-0.05, 0) is 18.6 Å². The van der Waals surface area contributed by atoms with Crippen molar-refractivity contribution in [3.8, 4) is 0 Å². The molecule has 14 heavy (non-hydrogen) atoms. The number of hydrogen-bond acceptors (Lipinski definition) is 1. The monoisotopic (exact) mass is 254 g/mol. The van der Waals surface area contributed by atoms with Crippen LogP contribution in [0.15, 0.2) is 28.7 Å². The van der Waals surface area contributed by atoms with Crippen LogP contribution in [0.4, 0.5) is 0 Å². The molecule has 0 aliphatic carbocycles. The number of carbonyl (C=O) groups excluding carboxylic acids is 1. The normalized spacial score (nSPS) is 11.4. The van der Waals surface area contributed by atoms with Crippen molar-refractivity contribution in [2.45, 2.75) is 27.2 Å². The van der Waals surface area contributed by atoms with Crippen molar-refractivity contribution in [1.29, 1.82) is 0 Å². The highest BCUT2D eigenvalue weighted by Crippen LogP contribution is 2.26. The lowest BCUT2D eigenvalue weighted by Gasteiger charge is -2.20. The van der Waals surface area contributed by atoms with E-state index in [9.17, 15) is 4.79 Å². The summed E-state index contributed by atoms with van der Waals surface area (Å²) in [5.41, 5.74) is 0.520. The Morgan fingerprint density at radius 1 is 1.43 bits per heavy atom. The lowest BCUT2D eigenvalue weighted by Crippen LogP contribution is -2.23. The Morgan fingerprint density at radius 2 is 2.07 bits per heavy atom. The Hall–Kier alpha value is -0.630. The molecule has 0 spiro atoms. The van der Waals surface area contributed by atoms with Crippen LogP contribution < -0.4 is 0 Å². The predicted octanol–water partition coefficient (Wildman–Crippen LogP) is 4.07. The molecule has 0 bridgehead atoms. The molecular formula is C12H15BrO. The van der Waals surface area contributed by atoms with Gasteiger partial charge in [-0.25, -0.2) is 0 Å². The molecule has 0 amide bonds. The fourth-order valence-electron chi connectivity index (χ4n) is 1.18. The fourth-order valence-corrected chi connectivity index (χ4v) is 1.58. The van der Waals surface area contributed by atoms with Crippen LogP contribution in [0.5, 0.6) is 0 Å². The van der Waals surface area contributed by atoms with Crippen LogP contribution in [0.2, 0.25) is 0 Å². The van der Waals surface area contributed by atoms with E-state index in [1.807, 2.05) is 45.0 Å². The van der Waals surface area contributed by atoms with Gasteiger partial charge < -0.3 is 0 Å². The van der Waals surface area contributed by atoms with Crippen LogP contribution in [0.1, 0.15) is 37.6 Å². The molecule has 1 aromatic carbocycles. The van der Waals surface area contributed by atoms with E-state index in [-0.39, 0.29) is 11.2 Å². The molecule has 0 heterocycles. The van der Waals surface area contributed by atoms with Gasteiger partial charge in [-0.15, -0.1) is 0 Å². The summed E-state index contributed by atoms with van der Waals surface area (Å²) in [6.07, 6.45) is 0.859. The zero-order valence-electron chi connectivity index (χ0n) is 8.80. The molecule has 0 saturated carbocycles. The average Bonchev–Trinajstić information content (AvgIpc) is 2.16. The Morgan fingerprint density at radius 3 is 2.57 bits per heavy atom. The maximum Gasteiger partial charge on any atom is 0.168 e. The first-order valence-corrected chi connectivity index (χ1v) is 5.57. The molecule has 0 N–H and O–H groups in total. The summed E-state index contributed by atoms with van der Waals surface area (Å²) in [7, 11) is 0. The van der Waals surface area contributed by atoms with E-state index in [1.54, 1.807) is 0 Å². The Balaban J connectivity index is 3.01.